The Bertz CT molecular complexity index is 629. The van der Waals surface area contributed by atoms with Crippen LogP contribution in [-0.4, -0.2) is 17.6 Å². The molecule has 2 aromatic rings. The minimum atomic E-state index is -0.768. The molecule has 4 N–H and O–H groups in total. The molecule has 22 heavy (non-hydrogen) atoms. The predicted molar refractivity (Wildman–Crippen MR) is 85.5 cm³/mol. The summed E-state index contributed by atoms with van der Waals surface area (Å²) >= 11 is 0. The zero-order valence-electron chi connectivity index (χ0n) is 12.5. The maximum Gasteiger partial charge on any atom is 0.221 e. The van der Waals surface area contributed by atoms with Gasteiger partial charge in [-0.2, -0.15) is 0 Å². The first-order chi connectivity index (χ1) is 10.6. The highest BCUT2D eigenvalue weighted by atomic mass is 16.5. The van der Waals surface area contributed by atoms with Crippen LogP contribution < -0.4 is 15.8 Å². The molecular formula is C17H20N2O3. The van der Waals surface area contributed by atoms with Crippen molar-refractivity contribution >= 4 is 11.6 Å². The number of anilines is 1. The smallest absolute Gasteiger partial charge is 0.221 e. The van der Waals surface area contributed by atoms with Gasteiger partial charge >= 0.3 is 0 Å². The number of benzene rings is 2. The van der Waals surface area contributed by atoms with E-state index in [9.17, 15) is 9.90 Å². The van der Waals surface area contributed by atoms with Crippen LogP contribution in [0, 0.1) is 0 Å². The Balaban J connectivity index is 2.19. The summed E-state index contributed by atoms with van der Waals surface area (Å²) < 4.78 is 5.76. The normalized spacial score (nSPS) is 11.8. The lowest BCUT2D eigenvalue weighted by Crippen LogP contribution is -2.13. The number of hydrogen-bond acceptors (Lipinski definition) is 4. The number of hydrogen-bond donors (Lipinski definition) is 3. The summed E-state index contributed by atoms with van der Waals surface area (Å²) in [6.45, 7) is 1.93. The molecule has 0 aromatic heterocycles. The molecule has 0 bridgehead atoms. The second-order valence-electron chi connectivity index (χ2n) is 4.96. The molecule has 1 unspecified atom stereocenters. The first-order valence-corrected chi connectivity index (χ1v) is 7.06. The number of ether oxygens (including phenoxy) is 1. The minimum Gasteiger partial charge on any atom is -0.487 e. The van der Waals surface area contributed by atoms with Crippen LogP contribution in [0.1, 0.15) is 24.2 Å². The van der Waals surface area contributed by atoms with E-state index in [0.717, 1.165) is 5.56 Å². The molecule has 0 saturated carbocycles. The molecule has 0 saturated heterocycles. The van der Waals surface area contributed by atoms with Gasteiger partial charge in [0.1, 0.15) is 12.4 Å². The standard InChI is InChI=1S/C17H20N2O3/c1-12(20)19-15-9-14(16(21)10-18)7-8-17(15)22-11-13-5-3-2-4-6-13/h2-9,16,21H,10-11,18H2,1H3,(H,19,20). The second kappa shape index (κ2) is 7.59. The molecule has 0 aliphatic heterocycles. The summed E-state index contributed by atoms with van der Waals surface area (Å²) in [4.78, 5) is 11.3. The van der Waals surface area contributed by atoms with Gasteiger partial charge in [-0.05, 0) is 23.3 Å². The van der Waals surface area contributed by atoms with E-state index in [-0.39, 0.29) is 12.5 Å². The van der Waals surface area contributed by atoms with E-state index in [2.05, 4.69) is 5.32 Å². The summed E-state index contributed by atoms with van der Waals surface area (Å²) in [6, 6.07) is 14.9. The lowest BCUT2D eigenvalue weighted by Gasteiger charge is -2.15. The molecule has 0 heterocycles. The van der Waals surface area contributed by atoms with E-state index in [4.69, 9.17) is 10.5 Å². The Morgan fingerprint density at radius 3 is 2.64 bits per heavy atom. The van der Waals surface area contributed by atoms with Crippen LogP contribution in [0.2, 0.25) is 0 Å². The van der Waals surface area contributed by atoms with Crippen molar-refractivity contribution in [3.05, 3.63) is 59.7 Å². The maximum absolute atomic E-state index is 11.3. The Morgan fingerprint density at radius 1 is 1.27 bits per heavy atom. The van der Waals surface area contributed by atoms with Gasteiger partial charge in [0.15, 0.2) is 0 Å². The molecule has 0 aliphatic carbocycles. The van der Waals surface area contributed by atoms with E-state index in [0.29, 0.717) is 23.6 Å². The van der Waals surface area contributed by atoms with Crippen LogP contribution in [0.4, 0.5) is 5.69 Å². The summed E-state index contributed by atoms with van der Waals surface area (Å²) in [5, 5.41) is 12.5. The summed E-state index contributed by atoms with van der Waals surface area (Å²) in [6.07, 6.45) is -0.768. The Morgan fingerprint density at radius 2 is 2.00 bits per heavy atom. The first-order valence-electron chi connectivity index (χ1n) is 7.06. The molecular weight excluding hydrogens is 280 g/mol. The fraction of sp³-hybridized carbons (Fsp3) is 0.235. The third kappa shape index (κ3) is 4.31. The van der Waals surface area contributed by atoms with Gasteiger partial charge in [0.05, 0.1) is 11.8 Å². The third-order valence-electron chi connectivity index (χ3n) is 3.16. The van der Waals surface area contributed by atoms with Gasteiger partial charge in [-0.25, -0.2) is 0 Å². The number of aliphatic hydroxyl groups is 1. The van der Waals surface area contributed by atoms with Crippen LogP contribution >= 0.6 is 0 Å². The van der Waals surface area contributed by atoms with Crippen molar-refractivity contribution in [3.63, 3.8) is 0 Å². The van der Waals surface area contributed by atoms with Crippen molar-refractivity contribution in [1.82, 2.24) is 0 Å². The molecule has 0 spiro atoms. The van der Waals surface area contributed by atoms with Gasteiger partial charge in [0.2, 0.25) is 5.91 Å². The van der Waals surface area contributed by atoms with E-state index in [1.165, 1.54) is 6.92 Å². The highest BCUT2D eigenvalue weighted by Crippen LogP contribution is 2.29. The highest BCUT2D eigenvalue weighted by molar-refractivity contribution is 5.90. The van der Waals surface area contributed by atoms with E-state index < -0.39 is 6.10 Å². The van der Waals surface area contributed by atoms with Crippen LogP contribution in [0.25, 0.3) is 0 Å². The average Bonchev–Trinajstić information content (AvgIpc) is 2.53. The van der Waals surface area contributed by atoms with Crippen LogP contribution in [0.5, 0.6) is 5.75 Å². The Hall–Kier alpha value is -2.37. The molecule has 116 valence electrons. The number of nitrogens with two attached hydrogens (primary N) is 1. The fourth-order valence-corrected chi connectivity index (χ4v) is 2.04. The van der Waals surface area contributed by atoms with Crippen LogP contribution in [0.15, 0.2) is 48.5 Å². The van der Waals surface area contributed by atoms with Gasteiger partial charge in [-0.1, -0.05) is 36.4 Å². The van der Waals surface area contributed by atoms with Crippen molar-refractivity contribution in [3.8, 4) is 5.75 Å². The van der Waals surface area contributed by atoms with Crippen molar-refractivity contribution in [1.29, 1.82) is 0 Å². The van der Waals surface area contributed by atoms with Crippen LogP contribution in [0.3, 0.4) is 0 Å². The topological polar surface area (TPSA) is 84.6 Å². The molecule has 1 atom stereocenters. The van der Waals surface area contributed by atoms with Crippen molar-refractivity contribution in [2.75, 3.05) is 11.9 Å². The average molecular weight is 300 g/mol. The molecule has 2 rings (SSSR count). The lowest BCUT2D eigenvalue weighted by molar-refractivity contribution is -0.114. The first kappa shape index (κ1) is 16.0. The van der Waals surface area contributed by atoms with Gasteiger partial charge in [-0.3, -0.25) is 4.79 Å². The molecule has 2 aromatic carbocycles. The molecule has 5 heteroatoms. The molecule has 5 nitrogen and oxygen atoms in total. The number of amides is 1. The van der Waals surface area contributed by atoms with Gasteiger partial charge in [0, 0.05) is 13.5 Å². The zero-order valence-corrected chi connectivity index (χ0v) is 12.5. The number of carbonyl (C=O) groups excluding carboxylic acids is 1. The van der Waals surface area contributed by atoms with E-state index in [1.807, 2.05) is 30.3 Å². The second-order valence-corrected chi connectivity index (χ2v) is 4.96. The number of aliphatic hydroxyl groups excluding tert-OH is 1. The van der Waals surface area contributed by atoms with Gasteiger partial charge in [-0.15, -0.1) is 0 Å². The number of carbonyl (C=O) groups is 1. The summed E-state index contributed by atoms with van der Waals surface area (Å²) in [7, 11) is 0. The predicted octanol–water partition coefficient (Wildman–Crippen LogP) is 2.22. The maximum atomic E-state index is 11.3. The largest absolute Gasteiger partial charge is 0.487 e. The fourth-order valence-electron chi connectivity index (χ4n) is 2.04. The van der Waals surface area contributed by atoms with Crippen LogP contribution in [-0.2, 0) is 11.4 Å². The molecule has 0 aliphatic rings. The van der Waals surface area contributed by atoms with Crippen molar-refractivity contribution in [2.24, 2.45) is 5.73 Å². The zero-order chi connectivity index (χ0) is 15.9. The monoisotopic (exact) mass is 300 g/mol. The highest BCUT2D eigenvalue weighted by Gasteiger charge is 2.11. The quantitative estimate of drug-likeness (QED) is 0.763. The molecule has 1 amide bonds. The van der Waals surface area contributed by atoms with Gasteiger partial charge < -0.3 is 20.9 Å². The van der Waals surface area contributed by atoms with E-state index >= 15 is 0 Å². The van der Waals surface area contributed by atoms with Crippen molar-refractivity contribution in [2.45, 2.75) is 19.6 Å². The van der Waals surface area contributed by atoms with E-state index in [1.54, 1.807) is 18.2 Å². The third-order valence-corrected chi connectivity index (χ3v) is 3.16. The summed E-state index contributed by atoms with van der Waals surface area (Å²) in [5.74, 6) is 0.343. The number of nitrogens with one attached hydrogen (secondary N) is 1. The Labute approximate surface area is 129 Å². The lowest BCUT2D eigenvalue weighted by atomic mass is 10.1. The molecule has 0 radical (unpaired) electrons. The summed E-state index contributed by atoms with van der Waals surface area (Å²) in [5.41, 5.74) is 7.65. The van der Waals surface area contributed by atoms with Crippen molar-refractivity contribution < 1.29 is 14.6 Å². The SMILES string of the molecule is CC(=O)Nc1cc(C(O)CN)ccc1OCc1ccccc1. The van der Waals surface area contributed by atoms with Gasteiger partial charge in [0.25, 0.3) is 0 Å². The minimum absolute atomic E-state index is 0.115. The number of rotatable bonds is 6. The molecule has 0 fully saturated rings. The Kier molecular flexibility index (Phi) is 5.52.